The van der Waals surface area contributed by atoms with Gasteiger partial charge in [-0.3, -0.25) is 4.79 Å². The van der Waals surface area contributed by atoms with Gasteiger partial charge in [-0.1, -0.05) is 24.4 Å². The zero-order chi connectivity index (χ0) is 12.7. The quantitative estimate of drug-likeness (QED) is 0.332. The van der Waals surface area contributed by atoms with Crippen molar-refractivity contribution in [2.45, 2.75) is 44.9 Å². The lowest BCUT2D eigenvalue weighted by Gasteiger charge is -2.24. The number of oxime groups is 1. The van der Waals surface area contributed by atoms with Crippen molar-refractivity contribution in [1.29, 1.82) is 0 Å². The summed E-state index contributed by atoms with van der Waals surface area (Å²) in [7, 11) is 1.77. The van der Waals surface area contributed by atoms with Gasteiger partial charge in [-0.05, 0) is 18.8 Å². The van der Waals surface area contributed by atoms with Gasteiger partial charge in [-0.2, -0.15) is 0 Å². The van der Waals surface area contributed by atoms with Crippen molar-refractivity contribution in [3.05, 3.63) is 0 Å². The SMILES string of the molecule is CN(CC/C(N)=N/O)C(=O)CC1CCCCC1. The van der Waals surface area contributed by atoms with Gasteiger partial charge in [0.1, 0.15) is 5.84 Å². The van der Waals surface area contributed by atoms with E-state index in [0.29, 0.717) is 25.3 Å². The number of hydrogen-bond acceptors (Lipinski definition) is 3. The van der Waals surface area contributed by atoms with E-state index >= 15 is 0 Å². The molecule has 0 unspecified atom stereocenters. The van der Waals surface area contributed by atoms with Crippen molar-refractivity contribution in [2.75, 3.05) is 13.6 Å². The van der Waals surface area contributed by atoms with Crippen LogP contribution in [0.5, 0.6) is 0 Å². The van der Waals surface area contributed by atoms with E-state index in [2.05, 4.69) is 5.16 Å². The van der Waals surface area contributed by atoms with Crippen LogP contribution in [0.15, 0.2) is 5.16 Å². The molecule has 0 aromatic carbocycles. The molecule has 1 saturated carbocycles. The van der Waals surface area contributed by atoms with Gasteiger partial charge in [-0.15, -0.1) is 0 Å². The largest absolute Gasteiger partial charge is 0.409 e. The molecule has 0 heterocycles. The summed E-state index contributed by atoms with van der Waals surface area (Å²) in [5, 5.41) is 11.3. The fourth-order valence-corrected chi connectivity index (χ4v) is 2.25. The minimum absolute atomic E-state index is 0.169. The molecule has 1 rings (SSSR count). The highest BCUT2D eigenvalue weighted by Crippen LogP contribution is 2.26. The Morgan fingerprint density at radius 3 is 2.65 bits per heavy atom. The molecular formula is C12H23N3O2. The number of amides is 1. The topological polar surface area (TPSA) is 78.9 Å². The Balaban J connectivity index is 2.25. The first-order valence-corrected chi connectivity index (χ1v) is 6.34. The lowest BCUT2D eigenvalue weighted by Crippen LogP contribution is -2.32. The zero-order valence-corrected chi connectivity index (χ0v) is 10.6. The Kier molecular flexibility index (Phi) is 5.80. The smallest absolute Gasteiger partial charge is 0.222 e. The zero-order valence-electron chi connectivity index (χ0n) is 10.6. The second kappa shape index (κ2) is 7.14. The van der Waals surface area contributed by atoms with E-state index in [1.165, 1.54) is 32.1 Å². The first-order chi connectivity index (χ1) is 8.13. The Hall–Kier alpha value is -1.26. The number of nitrogens with zero attached hydrogens (tertiary/aromatic N) is 2. The Morgan fingerprint density at radius 1 is 1.41 bits per heavy atom. The second-order valence-corrected chi connectivity index (χ2v) is 4.86. The van der Waals surface area contributed by atoms with E-state index in [0.717, 1.165) is 0 Å². The number of carbonyl (C=O) groups excluding carboxylic acids is 1. The number of amidine groups is 1. The highest BCUT2D eigenvalue weighted by molar-refractivity contribution is 5.81. The Bertz CT molecular complexity index is 273. The van der Waals surface area contributed by atoms with E-state index in [1.54, 1.807) is 11.9 Å². The second-order valence-electron chi connectivity index (χ2n) is 4.86. The molecule has 0 aromatic heterocycles. The molecular weight excluding hydrogens is 218 g/mol. The van der Waals surface area contributed by atoms with Crippen LogP contribution in [-0.2, 0) is 4.79 Å². The molecule has 3 N–H and O–H groups in total. The maximum atomic E-state index is 11.9. The number of nitrogens with two attached hydrogens (primary N) is 1. The standard InChI is InChI=1S/C12H23N3O2/c1-15(8-7-11(13)14-17)12(16)9-10-5-3-2-4-6-10/h10,17H,2-9H2,1H3,(H2,13,14). The fraction of sp³-hybridized carbons (Fsp3) is 0.833. The molecule has 0 spiro atoms. The summed E-state index contributed by atoms with van der Waals surface area (Å²) in [4.78, 5) is 13.6. The molecule has 0 aliphatic heterocycles. The maximum Gasteiger partial charge on any atom is 0.222 e. The summed E-state index contributed by atoms with van der Waals surface area (Å²) < 4.78 is 0. The maximum absolute atomic E-state index is 11.9. The number of hydrogen-bond donors (Lipinski definition) is 2. The van der Waals surface area contributed by atoms with Crippen LogP contribution in [0.2, 0.25) is 0 Å². The van der Waals surface area contributed by atoms with Crippen LogP contribution >= 0.6 is 0 Å². The van der Waals surface area contributed by atoms with Gasteiger partial charge < -0.3 is 15.8 Å². The van der Waals surface area contributed by atoms with Crippen LogP contribution in [0.4, 0.5) is 0 Å². The molecule has 1 amide bonds. The van der Waals surface area contributed by atoms with Gasteiger partial charge in [0.05, 0.1) is 0 Å². The van der Waals surface area contributed by atoms with Crippen LogP contribution in [-0.4, -0.2) is 35.4 Å². The number of carbonyl (C=O) groups is 1. The monoisotopic (exact) mass is 241 g/mol. The van der Waals surface area contributed by atoms with Crippen LogP contribution in [0, 0.1) is 5.92 Å². The summed E-state index contributed by atoms with van der Waals surface area (Å²) in [5.74, 6) is 0.896. The highest BCUT2D eigenvalue weighted by atomic mass is 16.4. The molecule has 98 valence electrons. The Labute approximate surface area is 103 Å². The van der Waals surface area contributed by atoms with Crippen molar-refractivity contribution in [3.8, 4) is 0 Å². The summed E-state index contributed by atoms with van der Waals surface area (Å²) in [6, 6.07) is 0. The Morgan fingerprint density at radius 2 is 2.06 bits per heavy atom. The van der Waals surface area contributed by atoms with Crippen LogP contribution in [0.3, 0.4) is 0 Å². The fourth-order valence-electron chi connectivity index (χ4n) is 2.25. The third kappa shape index (κ3) is 5.06. The van der Waals surface area contributed by atoms with Crippen molar-refractivity contribution >= 4 is 11.7 Å². The van der Waals surface area contributed by atoms with E-state index in [-0.39, 0.29) is 11.7 Å². The minimum atomic E-state index is 0.169. The molecule has 1 fully saturated rings. The average Bonchev–Trinajstić information content (AvgIpc) is 2.36. The summed E-state index contributed by atoms with van der Waals surface area (Å²) in [6.07, 6.45) is 7.25. The van der Waals surface area contributed by atoms with Crippen molar-refractivity contribution in [3.63, 3.8) is 0 Å². The van der Waals surface area contributed by atoms with Crippen molar-refractivity contribution < 1.29 is 10.0 Å². The number of rotatable bonds is 5. The van der Waals surface area contributed by atoms with Gasteiger partial charge >= 0.3 is 0 Å². The van der Waals surface area contributed by atoms with E-state index in [4.69, 9.17) is 10.9 Å². The molecule has 1 aliphatic rings. The van der Waals surface area contributed by atoms with E-state index < -0.39 is 0 Å². The highest BCUT2D eigenvalue weighted by Gasteiger charge is 2.19. The van der Waals surface area contributed by atoms with E-state index in [9.17, 15) is 4.79 Å². The average molecular weight is 241 g/mol. The van der Waals surface area contributed by atoms with Gasteiger partial charge in [0.15, 0.2) is 0 Å². The normalized spacial score (nSPS) is 18.1. The van der Waals surface area contributed by atoms with Crippen LogP contribution < -0.4 is 5.73 Å². The van der Waals surface area contributed by atoms with Crippen LogP contribution in [0.25, 0.3) is 0 Å². The lowest BCUT2D eigenvalue weighted by atomic mass is 9.87. The predicted octanol–water partition coefficient (Wildman–Crippen LogP) is 1.55. The molecule has 5 nitrogen and oxygen atoms in total. The van der Waals surface area contributed by atoms with Gasteiger partial charge in [0.25, 0.3) is 0 Å². The molecule has 0 bridgehead atoms. The minimum Gasteiger partial charge on any atom is -0.409 e. The lowest BCUT2D eigenvalue weighted by molar-refractivity contribution is -0.131. The molecule has 0 saturated heterocycles. The molecule has 1 aliphatic carbocycles. The van der Waals surface area contributed by atoms with Crippen LogP contribution in [0.1, 0.15) is 44.9 Å². The summed E-state index contributed by atoms with van der Waals surface area (Å²) >= 11 is 0. The molecule has 0 atom stereocenters. The first kappa shape index (κ1) is 13.8. The van der Waals surface area contributed by atoms with E-state index in [1.807, 2.05) is 0 Å². The van der Waals surface area contributed by atoms with Gasteiger partial charge in [0.2, 0.25) is 5.91 Å². The third-order valence-corrected chi connectivity index (χ3v) is 3.45. The van der Waals surface area contributed by atoms with Gasteiger partial charge in [-0.25, -0.2) is 0 Å². The summed E-state index contributed by atoms with van der Waals surface area (Å²) in [5.41, 5.74) is 5.37. The first-order valence-electron chi connectivity index (χ1n) is 6.34. The van der Waals surface area contributed by atoms with Crippen molar-refractivity contribution in [2.24, 2.45) is 16.8 Å². The molecule has 5 heteroatoms. The molecule has 0 radical (unpaired) electrons. The molecule has 0 aromatic rings. The third-order valence-electron chi connectivity index (χ3n) is 3.45. The predicted molar refractivity (Wildman–Crippen MR) is 66.9 cm³/mol. The molecule has 17 heavy (non-hydrogen) atoms. The van der Waals surface area contributed by atoms with Gasteiger partial charge in [0, 0.05) is 26.4 Å². The van der Waals surface area contributed by atoms with Crippen molar-refractivity contribution in [1.82, 2.24) is 4.90 Å². The summed E-state index contributed by atoms with van der Waals surface area (Å²) in [6.45, 7) is 0.515.